The van der Waals surface area contributed by atoms with Gasteiger partial charge in [0.2, 0.25) is 5.91 Å². The van der Waals surface area contributed by atoms with Crippen molar-refractivity contribution in [3.63, 3.8) is 0 Å². The van der Waals surface area contributed by atoms with Gasteiger partial charge in [0.1, 0.15) is 5.75 Å². The number of amides is 1. The van der Waals surface area contributed by atoms with E-state index >= 15 is 0 Å². The summed E-state index contributed by atoms with van der Waals surface area (Å²) >= 11 is 0. The zero-order valence-electron chi connectivity index (χ0n) is 14.8. The topological polar surface area (TPSA) is 66.0 Å². The minimum atomic E-state index is -0.137. The van der Waals surface area contributed by atoms with Crippen LogP contribution in [0.2, 0.25) is 0 Å². The van der Waals surface area contributed by atoms with E-state index in [4.69, 9.17) is 4.74 Å². The summed E-state index contributed by atoms with van der Waals surface area (Å²) in [5.74, 6) is 0.665. The summed E-state index contributed by atoms with van der Waals surface area (Å²) in [6.07, 6.45) is 1.97. The molecule has 0 spiro atoms. The van der Waals surface area contributed by atoms with Gasteiger partial charge in [0.15, 0.2) is 0 Å². The van der Waals surface area contributed by atoms with Crippen molar-refractivity contribution < 1.29 is 9.53 Å². The Morgan fingerprint density at radius 2 is 1.80 bits per heavy atom. The van der Waals surface area contributed by atoms with Gasteiger partial charge in [0, 0.05) is 38.4 Å². The SMILES string of the molecule is COc1ccc(NCCC(=O)N/N=C/c2ccc(N(C)C)cc2)cc1. The number of nitrogens with one attached hydrogen (secondary N) is 2. The third-order valence-corrected chi connectivity index (χ3v) is 3.58. The molecule has 0 radical (unpaired) electrons. The minimum absolute atomic E-state index is 0.137. The van der Waals surface area contributed by atoms with E-state index in [0.717, 1.165) is 22.7 Å². The molecular weight excluding hydrogens is 316 g/mol. The van der Waals surface area contributed by atoms with E-state index < -0.39 is 0 Å². The maximum absolute atomic E-state index is 11.8. The number of ether oxygens (including phenoxy) is 1. The first-order valence-corrected chi connectivity index (χ1v) is 8.05. The fourth-order valence-corrected chi connectivity index (χ4v) is 2.12. The molecule has 6 heteroatoms. The van der Waals surface area contributed by atoms with E-state index in [2.05, 4.69) is 15.8 Å². The summed E-state index contributed by atoms with van der Waals surface area (Å²) in [5, 5.41) is 7.16. The summed E-state index contributed by atoms with van der Waals surface area (Å²) in [5.41, 5.74) is 5.52. The molecule has 1 amide bonds. The minimum Gasteiger partial charge on any atom is -0.497 e. The zero-order chi connectivity index (χ0) is 18.1. The predicted octanol–water partition coefficient (Wildman–Crippen LogP) is 2.71. The van der Waals surface area contributed by atoms with Crippen LogP contribution in [0.15, 0.2) is 53.6 Å². The van der Waals surface area contributed by atoms with Crippen LogP contribution in [0.5, 0.6) is 5.75 Å². The molecule has 0 aliphatic carbocycles. The second kappa shape index (κ2) is 9.32. The summed E-state index contributed by atoms with van der Waals surface area (Å²) < 4.78 is 5.10. The molecule has 2 rings (SSSR count). The highest BCUT2D eigenvalue weighted by atomic mass is 16.5. The third-order valence-electron chi connectivity index (χ3n) is 3.58. The molecule has 0 fully saturated rings. The average Bonchev–Trinajstić information content (AvgIpc) is 2.63. The molecule has 0 aromatic heterocycles. The number of carbonyl (C=O) groups excluding carboxylic acids is 1. The van der Waals surface area contributed by atoms with Crippen LogP contribution < -0.4 is 20.4 Å². The zero-order valence-corrected chi connectivity index (χ0v) is 14.8. The van der Waals surface area contributed by atoms with E-state index in [1.807, 2.05) is 67.5 Å². The van der Waals surface area contributed by atoms with E-state index in [1.54, 1.807) is 13.3 Å². The lowest BCUT2D eigenvalue weighted by atomic mass is 10.2. The van der Waals surface area contributed by atoms with Gasteiger partial charge < -0.3 is 15.0 Å². The van der Waals surface area contributed by atoms with Crippen molar-refractivity contribution in [3.8, 4) is 5.75 Å². The van der Waals surface area contributed by atoms with Gasteiger partial charge in [-0.05, 0) is 42.0 Å². The fourth-order valence-electron chi connectivity index (χ4n) is 2.12. The monoisotopic (exact) mass is 340 g/mol. The Morgan fingerprint density at radius 1 is 1.12 bits per heavy atom. The Hall–Kier alpha value is -3.02. The Kier molecular flexibility index (Phi) is 6.83. The van der Waals surface area contributed by atoms with Crippen LogP contribution in [0.25, 0.3) is 0 Å². The van der Waals surface area contributed by atoms with Crippen LogP contribution >= 0.6 is 0 Å². The number of carbonyl (C=O) groups is 1. The third kappa shape index (κ3) is 6.18. The maximum Gasteiger partial charge on any atom is 0.241 e. The van der Waals surface area contributed by atoms with Crippen molar-refractivity contribution in [2.45, 2.75) is 6.42 Å². The number of hydrogen-bond acceptors (Lipinski definition) is 5. The van der Waals surface area contributed by atoms with Crippen molar-refractivity contribution in [2.75, 3.05) is 38.0 Å². The molecule has 2 N–H and O–H groups in total. The van der Waals surface area contributed by atoms with Gasteiger partial charge in [0.25, 0.3) is 0 Å². The van der Waals surface area contributed by atoms with Crippen LogP contribution in [-0.2, 0) is 4.79 Å². The first-order valence-electron chi connectivity index (χ1n) is 8.05. The van der Waals surface area contributed by atoms with E-state index in [0.29, 0.717) is 13.0 Å². The quantitative estimate of drug-likeness (QED) is 0.573. The van der Waals surface area contributed by atoms with Gasteiger partial charge >= 0.3 is 0 Å². The van der Waals surface area contributed by atoms with E-state index in [1.165, 1.54) is 0 Å². The van der Waals surface area contributed by atoms with Gasteiger partial charge in [-0.15, -0.1) is 0 Å². The molecule has 6 nitrogen and oxygen atoms in total. The van der Waals surface area contributed by atoms with Gasteiger partial charge in [-0.2, -0.15) is 5.10 Å². The number of anilines is 2. The average molecular weight is 340 g/mol. The molecule has 0 saturated carbocycles. The first-order chi connectivity index (χ1) is 12.1. The maximum atomic E-state index is 11.8. The Labute approximate surface area is 148 Å². The van der Waals surface area contributed by atoms with E-state index in [9.17, 15) is 4.79 Å². The molecule has 0 heterocycles. The molecule has 2 aromatic carbocycles. The van der Waals surface area contributed by atoms with Crippen LogP contribution in [0.1, 0.15) is 12.0 Å². The predicted molar refractivity (Wildman–Crippen MR) is 103 cm³/mol. The summed E-state index contributed by atoms with van der Waals surface area (Å²) in [7, 11) is 5.61. The van der Waals surface area contributed by atoms with Crippen LogP contribution in [0.3, 0.4) is 0 Å². The second-order valence-corrected chi connectivity index (χ2v) is 5.68. The molecule has 25 heavy (non-hydrogen) atoms. The van der Waals surface area contributed by atoms with Gasteiger partial charge in [-0.1, -0.05) is 12.1 Å². The Bertz CT molecular complexity index is 694. The molecule has 0 unspecified atom stereocenters. The number of hydrazone groups is 1. The smallest absolute Gasteiger partial charge is 0.241 e. The molecule has 0 aliphatic rings. The molecule has 0 bridgehead atoms. The summed E-state index contributed by atoms with van der Waals surface area (Å²) in [6, 6.07) is 15.5. The largest absolute Gasteiger partial charge is 0.497 e. The van der Waals surface area contributed by atoms with Crippen molar-refractivity contribution >= 4 is 23.5 Å². The summed E-state index contributed by atoms with van der Waals surface area (Å²) in [4.78, 5) is 13.8. The number of nitrogens with zero attached hydrogens (tertiary/aromatic N) is 2. The lowest BCUT2D eigenvalue weighted by Gasteiger charge is -2.11. The standard InChI is InChI=1S/C19H24N4O2/c1-23(2)17-8-4-15(5-9-17)14-21-22-19(24)12-13-20-16-6-10-18(25-3)11-7-16/h4-11,14,20H,12-13H2,1-3H3,(H,22,24)/b21-14+. The summed E-state index contributed by atoms with van der Waals surface area (Å²) in [6.45, 7) is 0.533. The van der Waals surface area contributed by atoms with Gasteiger partial charge in [0.05, 0.1) is 13.3 Å². The molecule has 2 aromatic rings. The highest BCUT2D eigenvalue weighted by Gasteiger charge is 2.00. The van der Waals surface area contributed by atoms with Crippen molar-refractivity contribution in [2.24, 2.45) is 5.10 Å². The number of hydrogen-bond donors (Lipinski definition) is 2. The van der Waals surface area contributed by atoms with Crippen LogP contribution in [0.4, 0.5) is 11.4 Å². The molecular formula is C19H24N4O2. The fraction of sp³-hybridized carbons (Fsp3) is 0.263. The second-order valence-electron chi connectivity index (χ2n) is 5.68. The molecule has 0 aliphatic heterocycles. The lowest BCUT2D eigenvalue weighted by Crippen LogP contribution is -2.20. The number of methoxy groups -OCH3 is 1. The molecule has 132 valence electrons. The Balaban J connectivity index is 1.70. The normalized spacial score (nSPS) is 10.5. The first kappa shape index (κ1) is 18.3. The van der Waals surface area contributed by atoms with E-state index in [-0.39, 0.29) is 5.91 Å². The molecule has 0 saturated heterocycles. The van der Waals surface area contributed by atoms with Crippen LogP contribution in [-0.4, -0.2) is 39.9 Å². The molecule has 0 atom stereocenters. The van der Waals surface area contributed by atoms with Gasteiger partial charge in [-0.25, -0.2) is 5.43 Å². The number of benzene rings is 2. The highest BCUT2D eigenvalue weighted by Crippen LogP contribution is 2.14. The highest BCUT2D eigenvalue weighted by molar-refractivity contribution is 5.83. The van der Waals surface area contributed by atoms with Crippen molar-refractivity contribution in [3.05, 3.63) is 54.1 Å². The Morgan fingerprint density at radius 3 is 2.40 bits per heavy atom. The number of rotatable bonds is 8. The van der Waals surface area contributed by atoms with Crippen molar-refractivity contribution in [1.29, 1.82) is 0 Å². The van der Waals surface area contributed by atoms with Crippen LogP contribution in [0, 0.1) is 0 Å². The van der Waals surface area contributed by atoms with Gasteiger partial charge in [-0.3, -0.25) is 4.79 Å². The lowest BCUT2D eigenvalue weighted by molar-refractivity contribution is -0.120. The van der Waals surface area contributed by atoms with Crippen molar-refractivity contribution in [1.82, 2.24) is 5.43 Å².